The Morgan fingerprint density at radius 3 is 2.45 bits per heavy atom. The molecule has 1 fully saturated rings. The van der Waals surface area contributed by atoms with E-state index in [1.165, 1.54) is 5.56 Å². The maximum atomic E-state index is 12.2. The van der Waals surface area contributed by atoms with E-state index in [2.05, 4.69) is 10.6 Å². The number of rotatable bonds is 5. The molecule has 3 N–H and O–H groups in total. The summed E-state index contributed by atoms with van der Waals surface area (Å²) < 4.78 is 0. The molecule has 0 aromatic heterocycles. The van der Waals surface area contributed by atoms with E-state index < -0.39 is 0 Å². The maximum absolute atomic E-state index is 12.2. The third kappa shape index (κ3) is 3.58. The van der Waals surface area contributed by atoms with Gasteiger partial charge in [0.15, 0.2) is 0 Å². The van der Waals surface area contributed by atoms with Crippen molar-refractivity contribution in [2.75, 3.05) is 11.9 Å². The molecule has 0 radical (unpaired) electrons. The minimum atomic E-state index is -0.318. The molecule has 0 spiro atoms. The minimum absolute atomic E-state index is 0.0615. The monoisotopic (exact) mass is 276 g/mol. The highest BCUT2D eigenvalue weighted by Gasteiger charge is 2.35. The molecule has 1 saturated carbocycles. The number of benzene rings is 1. The first-order valence-electron chi connectivity index (χ1n) is 7.31. The minimum Gasteiger partial charge on any atom is -0.394 e. The van der Waals surface area contributed by atoms with E-state index in [4.69, 9.17) is 0 Å². The molecule has 1 aromatic carbocycles. The molecule has 1 aliphatic rings. The van der Waals surface area contributed by atoms with Crippen LogP contribution in [0.15, 0.2) is 24.3 Å². The van der Waals surface area contributed by atoms with Crippen molar-refractivity contribution < 1.29 is 9.90 Å². The van der Waals surface area contributed by atoms with Crippen molar-refractivity contribution in [3.63, 3.8) is 0 Å². The van der Waals surface area contributed by atoms with Crippen LogP contribution in [0.3, 0.4) is 0 Å². The van der Waals surface area contributed by atoms with Crippen molar-refractivity contribution in [2.45, 2.75) is 51.1 Å². The van der Waals surface area contributed by atoms with E-state index in [-0.39, 0.29) is 24.1 Å². The topological polar surface area (TPSA) is 61.4 Å². The van der Waals surface area contributed by atoms with Gasteiger partial charge in [0.1, 0.15) is 0 Å². The van der Waals surface area contributed by atoms with Crippen LogP contribution in [0.25, 0.3) is 0 Å². The summed E-state index contributed by atoms with van der Waals surface area (Å²) in [6, 6.07) is 7.43. The van der Waals surface area contributed by atoms with Crippen LogP contribution in [-0.2, 0) is 4.79 Å². The number of carbonyl (C=O) groups excluding carboxylic acids is 1. The van der Waals surface area contributed by atoms with Gasteiger partial charge in [-0.3, -0.25) is 10.1 Å². The molecule has 4 heteroatoms. The highest BCUT2D eigenvalue weighted by atomic mass is 16.3. The zero-order valence-corrected chi connectivity index (χ0v) is 12.3. The summed E-state index contributed by atoms with van der Waals surface area (Å²) in [5.41, 5.74) is 1.70. The average Bonchev–Trinajstić information content (AvgIpc) is 2.90. The Labute approximate surface area is 120 Å². The van der Waals surface area contributed by atoms with Crippen molar-refractivity contribution in [3.05, 3.63) is 29.8 Å². The summed E-state index contributed by atoms with van der Waals surface area (Å²) in [5, 5.41) is 15.8. The number of hydrogen-bond donors (Lipinski definition) is 3. The lowest BCUT2D eigenvalue weighted by Gasteiger charge is -2.31. The molecule has 20 heavy (non-hydrogen) atoms. The number of nitrogens with one attached hydrogen (secondary N) is 2. The molecule has 0 saturated heterocycles. The molecule has 2 rings (SSSR count). The van der Waals surface area contributed by atoms with E-state index >= 15 is 0 Å². The van der Waals surface area contributed by atoms with Crippen LogP contribution in [0.5, 0.6) is 0 Å². The van der Waals surface area contributed by atoms with Gasteiger partial charge < -0.3 is 10.4 Å². The molecule has 1 aliphatic carbocycles. The molecule has 4 nitrogen and oxygen atoms in total. The Hall–Kier alpha value is -1.39. The number of carbonyl (C=O) groups is 1. The number of aliphatic hydroxyl groups excluding tert-OH is 1. The van der Waals surface area contributed by atoms with E-state index in [1.807, 2.05) is 38.1 Å². The molecular weight excluding hydrogens is 252 g/mol. The van der Waals surface area contributed by atoms with Gasteiger partial charge in [0.25, 0.3) is 0 Å². The normalized spacial score (nSPS) is 18.8. The van der Waals surface area contributed by atoms with Crippen LogP contribution < -0.4 is 10.6 Å². The van der Waals surface area contributed by atoms with Crippen LogP contribution in [0, 0.1) is 6.92 Å². The number of aryl methyl sites for hydroxylation is 1. The molecule has 0 bridgehead atoms. The number of anilines is 1. The SMILES string of the molecule is Cc1ccc(NC(=O)C(C)NC2(CO)CCCC2)cc1. The van der Waals surface area contributed by atoms with Gasteiger partial charge in [-0.05, 0) is 38.8 Å². The third-order valence-corrected chi connectivity index (χ3v) is 4.10. The highest BCUT2D eigenvalue weighted by molar-refractivity contribution is 5.94. The zero-order valence-electron chi connectivity index (χ0n) is 12.3. The van der Waals surface area contributed by atoms with Crippen molar-refractivity contribution in [1.29, 1.82) is 0 Å². The Kier molecular flexibility index (Phi) is 4.78. The molecule has 1 atom stereocenters. The van der Waals surface area contributed by atoms with E-state index in [0.717, 1.165) is 31.4 Å². The quantitative estimate of drug-likeness (QED) is 0.773. The summed E-state index contributed by atoms with van der Waals surface area (Å²) >= 11 is 0. The zero-order chi connectivity index (χ0) is 14.6. The highest BCUT2D eigenvalue weighted by Crippen LogP contribution is 2.29. The number of aliphatic hydroxyl groups is 1. The second kappa shape index (κ2) is 6.37. The van der Waals surface area contributed by atoms with Gasteiger partial charge in [-0.1, -0.05) is 30.5 Å². The van der Waals surface area contributed by atoms with Crippen LogP contribution in [0.1, 0.15) is 38.2 Å². The van der Waals surface area contributed by atoms with Crippen molar-refractivity contribution in [3.8, 4) is 0 Å². The first kappa shape index (κ1) is 15.0. The summed E-state index contributed by atoms with van der Waals surface area (Å²) in [4.78, 5) is 12.2. The van der Waals surface area contributed by atoms with Gasteiger partial charge in [-0.2, -0.15) is 0 Å². The lowest BCUT2D eigenvalue weighted by Crippen LogP contribution is -2.53. The Morgan fingerprint density at radius 2 is 1.90 bits per heavy atom. The molecule has 0 heterocycles. The second-order valence-corrected chi connectivity index (χ2v) is 5.87. The fourth-order valence-corrected chi connectivity index (χ4v) is 2.81. The second-order valence-electron chi connectivity index (χ2n) is 5.87. The van der Waals surface area contributed by atoms with Crippen molar-refractivity contribution in [2.24, 2.45) is 0 Å². The number of amides is 1. The largest absolute Gasteiger partial charge is 0.394 e. The molecule has 1 unspecified atom stereocenters. The maximum Gasteiger partial charge on any atom is 0.241 e. The van der Waals surface area contributed by atoms with Gasteiger partial charge in [0, 0.05) is 11.2 Å². The van der Waals surface area contributed by atoms with Crippen molar-refractivity contribution >= 4 is 11.6 Å². The molecule has 0 aliphatic heterocycles. The summed E-state index contributed by atoms with van der Waals surface area (Å²) in [6.07, 6.45) is 4.09. The van der Waals surface area contributed by atoms with Gasteiger partial charge in [0.2, 0.25) is 5.91 Å². The summed E-state index contributed by atoms with van der Waals surface area (Å²) in [7, 11) is 0. The lowest BCUT2D eigenvalue weighted by molar-refractivity contribution is -0.118. The van der Waals surface area contributed by atoms with Gasteiger partial charge in [-0.15, -0.1) is 0 Å². The fourth-order valence-electron chi connectivity index (χ4n) is 2.81. The Balaban J connectivity index is 1.93. The van der Waals surface area contributed by atoms with Gasteiger partial charge in [-0.25, -0.2) is 0 Å². The average molecular weight is 276 g/mol. The smallest absolute Gasteiger partial charge is 0.241 e. The standard InChI is InChI=1S/C16H24N2O2/c1-12-5-7-14(8-6-12)17-15(20)13(2)18-16(11-19)9-3-4-10-16/h5-8,13,18-19H,3-4,9-11H2,1-2H3,(H,17,20). The van der Waals surface area contributed by atoms with Crippen LogP contribution in [0.4, 0.5) is 5.69 Å². The molecule has 1 aromatic rings. The number of hydrogen-bond acceptors (Lipinski definition) is 3. The molecule has 110 valence electrons. The third-order valence-electron chi connectivity index (χ3n) is 4.10. The molecule has 1 amide bonds. The van der Waals surface area contributed by atoms with E-state index in [1.54, 1.807) is 0 Å². The van der Waals surface area contributed by atoms with E-state index in [9.17, 15) is 9.90 Å². The summed E-state index contributed by atoms with van der Waals surface area (Å²) in [5.74, 6) is -0.0615. The van der Waals surface area contributed by atoms with Gasteiger partial charge in [0.05, 0.1) is 12.6 Å². The first-order valence-corrected chi connectivity index (χ1v) is 7.31. The fraction of sp³-hybridized carbons (Fsp3) is 0.562. The first-order chi connectivity index (χ1) is 9.54. The van der Waals surface area contributed by atoms with Crippen molar-refractivity contribution in [1.82, 2.24) is 5.32 Å². The molecular formula is C16H24N2O2. The van der Waals surface area contributed by atoms with Crippen LogP contribution in [-0.4, -0.2) is 29.2 Å². The predicted molar refractivity (Wildman–Crippen MR) is 80.7 cm³/mol. The Morgan fingerprint density at radius 1 is 1.30 bits per heavy atom. The van der Waals surface area contributed by atoms with E-state index in [0.29, 0.717) is 0 Å². The summed E-state index contributed by atoms with van der Waals surface area (Å²) in [6.45, 7) is 3.95. The van der Waals surface area contributed by atoms with Crippen LogP contribution in [0.2, 0.25) is 0 Å². The van der Waals surface area contributed by atoms with Gasteiger partial charge >= 0.3 is 0 Å². The Bertz CT molecular complexity index is 450. The predicted octanol–water partition coefficient (Wildman–Crippen LogP) is 2.22. The lowest BCUT2D eigenvalue weighted by atomic mass is 9.97. The van der Waals surface area contributed by atoms with Crippen LogP contribution >= 0.6 is 0 Å².